The lowest BCUT2D eigenvalue weighted by molar-refractivity contribution is 0.0981. The molecule has 3 aliphatic rings. The molecule has 11 nitrogen and oxygen atoms in total. The number of aromatic nitrogens is 5. The second-order valence-electron chi connectivity index (χ2n) is 11.8. The minimum atomic E-state index is -4.15. The van der Waals surface area contributed by atoms with E-state index in [0.717, 1.165) is 5.57 Å². The van der Waals surface area contributed by atoms with Gasteiger partial charge in [0, 0.05) is 32.1 Å². The molecule has 2 saturated carbocycles. The van der Waals surface area contributed by atoms with E-state index in [4.69, 9.17) is 9.72 Å². The number of ether oxygens (including phenoxy) is 1. The Morgan fingerprint density at radius 1 is 1.10 bits per heavy atom. The van der Waals surface area contributed by atoms with E-state index in [-0.39, 0.29) is 16.6 Å². The highest BCUT2D eigenvalue weighted by Gasteiger charge is 2.43. The zero-order valence-electron chi connectivity index (χ0n) is 23.5. The van der Waals surface area contributed by atoms with E-state index < -0.39 is 21.5 Å². The lowest BCUT2D eigenvalue weighted by Gasteiger charge is -2.33. The van der Waals surface area contributed by atoms with Crippen LogP contribution in [0.1, 0.15) is 62.5 Å². The number of hydrogen-bond donors (Lipinski definition) is 1. The molecule has 0 unspecified atom stereocenters. The van der Waals surface area contributed by atoms with E-state index in [2.05, 4.69) is 21.0 Å². The normalized spacial score (nSPS) is 18.8. The third-order valence-corrected chi connectivity index (χ3v) is 9.21. The predicted molar refractivity (Wildman–Crippen MR) is 149 cm³/mol. The summed E-state index contributed by atoms with van der Waals surface area (Å²) in [5.41, 5.74) is 1.14. The van der Waals surface area contributed by atoms with Crippen molar-refractivity contribution < 1.29 is 17.9 Å². The second kappa shape index (κ2) is 9.46. The number of sulfonamides is 1. The number of pyridine rings is 1. The monoisotopic (exact) mass is 565 g/mol. The van der Waals surface area contributed by atoms with Crippen LogP contribution in [0.15, 0.2) is 47.1 Å². The zero-order valence-corrected chi connectivity index (χ0v) is 24.3. The molecule has 0 spiro atoms. The Kier molecular flexibility index (Phi) is 6.28. The Labute approximate surface area is 234 Å². The van der Waals surface area contributed by atoms with Gasteiger partial charge in [-0.25, -0.2) is 22.8 Å². The lowest BCUT2D eigenvalue weighted by Crippen LogP contribution is -2.41. The molecule has 1 aliphatic heterocycles. The van der Waals surface area contributed by atoms with Gasteiger partial charge in [-0.3, -0.25) is 9.48 Å². The van der Waals surface area contributed by atoms with Gasteiger partial charge in [0.25, 0.3) is 15.9 Å². The molecule has 40 heavy (non-hydrogen) atoms. The molecule has 0 bridgehead atoms. The second-order valence-corrected chi connectivity index (χ2v) is 13.5. The van der Waals surface area contributed by atoms with Crippen molar-refractivity contribution >= 4 is 21.7 Å². The molecule has 12 heteroatoms. The molecule has 6 rings (SSSR count). The highest BCUT2D eigenvalue weighted by Crippen LogP contribution is 2.46. The highest BCUT2D eigenvalue weighted by molar-refractivity contribution is 7.90. The van der Waals surface area contributed by atoms with Gasteiger partial charge in [0.15, 0.2) is 5.82 Å². The molecule has 0 atom stereocenters. The Balaban J connectivity index is 1.32. The van der Waals surface area contributed by atoms with Gasteiger partial charge in [-0.2, -0.15) is 5.10 Å². The van der Waals surface area contributed by atoms with Crippen molar-refractivity contribution in [3.8, 4) is 11.7 Å². The number of aryl methyl sites for hydroxylation is 2. The van der Waals surface area contributed by atoms with Crippen molar-refractivity contribution in [1.29, 1.82) is 0 Å². The van der Waals surface area contributed by atoms with Crippen LogP contribution < -0.4 is 14.4 Å². The zero-order chi connectivity index (χ0) is 28.4. The minimum Gasteiger partial charge on any atom is -0.473 e. The summed E-state index contributed by atoms with van der Waals surface area (Å²) in [6, 6.07) is 5.11. The first-order valence-corrected chi connectivity index (χ1v) is 15.2. The number of carbonyl (C=O) groups excluding carboxylic acids is 1. The van der Waals surface area contributed by atoms with Crippen LogP contribution in [0.25, 0.3) is 5.82 Å². The fraction of sp³-hybridized carbons (Fsp3) is 0.500. The van der Waals surface area contributed by atoms with E-state index in [9.17, 15) is 13.2 Å². The van der Waals surface area contributed by atoms with Crippen molar-refractivity contribution in [2.45, 2.75) is 69.9 Å². The molecule has 2 aliphatic carbocycles. The molecule has 212 valence electrons. The number of carbonyl (C=O) groups is 1. The molecule has 2 fully saturated rings. The molecule has 0 saturated heterocycles. The predicted octanol–water partition coefficient (Wildman–Crippen LogP) is 3.54. The van der Waals surface area contributed by atoms with E-state index >= 15 is 0 Å². The topological polar surface area (TPSA) is 124 Å². The van der Waals surface area contributed by atoms with Gasteiger partial charge in [-0.15, -0.1) is 5.10 Å². The molecule has 1 N–H and O–H groups in total. The van der Waals surface area contributed by atoms with Crippen molar-refractivity contribution in [3.05, 3.63) is 53.5 Å². The quantitative estimate of drug-likeness (QED) is 0.391. The summed E-state index contributed by atoms with van der Waals surface area (Å²) >= 11 is 0. The minimum absolute atomic E-state index is 0.0479. The van der Waals surface area contributed by atoms with Crippen LogP contribution in [0.3, 0.4) is 0 Å². The Morgan fingerprint density at radius 3 is 2.38 bits per heavy atom. The number of hydrogen-bond acceptors (Lipinski definition) is 8. The van der Waals surface area contributed by atoms with Crippen molar-refractivity contribution in [2.24, 2.45) is 18.9 Å². The summed E-state index contributed by atoms with van der Waals surface area (Å²) in [6.07, 6.45) is 10.4. The van der Waals surface area contributed by atoms with Gasteiger partial charge in [0.05, 0.1) is 16.8 Å². The SMILES string of the molecule is CC1=CC(C)(C)N(c2nc(-n3ccc(OC(C4CC4)C4CC4)n3)ccc2C(=O)NS(=O)(=O)c2cn(C)nc2C)C1. The van der Waals surface area contributed by atoms with Gasteiger partial charge in [-0.1, -0.05) is 11.6 Å². The number of nitrogens with one attached hydrogen (secondary N) is 1. The van der Waals surface area contributed by atoms with E-state index in [1.165, 1.54) is 36.6 Å². The molecule has 1 amide bonds. The summed E-state index contributed by atoms with van der Waals surface area (Å²) < 4.78 is 37.7. The van der Waals surface area contributed by atoms with Gasteiger partial charge in [0.1, 0.15) is 16.8 Å². The number of nitrogens with zero attached hydrogens (tertiary/aromatic N) is 6. The van der Waals surface area contributed by atoms with Crippen molar-refractivity contribution in [3.63, 3.8) is 0 Å². The molecular formula is C28H35N7O4S. The Hall–Kier alpha value is -3.67. The van der Waals surface area contributed by atoms with Crippen LogP contribution in [0.4, 0.5) is 5.82 Å². The van der Waals surface area contributed by atoms with Crippen molar-refractivity contribution in [2.75, 3.05) is 11.4 Å². The average molecular weight is 566 g/mol. The van der Waals surface area contributed by atoms with E-state index in [1.807, 2.05) is 31.7 Å². The number of rotatable bonds is 9. The lowest BCUT2D eigenvalue weighted by atomic mass is 10.0. The highest BCUT2D eigenvalue weighted by atomic mass is 32.2. The Bertz CT molecular complexity index is 1600. The van der Waals surface area contributed by atoms with Crippen LogP contribution in [0, 0.1) is 18.8 Å². The van der Waals surface area contributed by atoms with Gasteiger partial charge in [0.2, 0.25) is 5.88 Å². The molecule has 3 aromatic heterocycles. The number of amides is 1. The largest absolute Gasteiger partial charge is 0.473 e. The summed E-state index contributed by atoms with van der Waals surface area (Å²) in [6.45, 7) is 8.22. The summed E-state index contributed by atoms with van der Waals surface area (Å²) in [4.78, 5) is 20.3. The van der Waals surface area contributed by atoms with Crippen LogP contribution in [-0.4, -0.2) is 57.1 Å². The summed E-state index contributed by atoms with van der Waals surface area (Å²) in [5.74, 6) is 1.92. The fourth-order valence-corrected chi connectivity index (χ4v) is 6.80. The third kappa shape index (κ3) is 5.12. The maximum absolute atomic E-state index is 13.5. The first-order chi connectivity index (χ1) is 18.9. The maximum atomic E-state index is 13.5. The molecule has 3 aromatic rings. The van der Waals surface area contributed by atoms with Gasteiger partial charge < -0.3 is 9.64 Å². The molecule has 4 heterocycles. The first kappa shape index (κ1) is 26.5. The van der Waals surface area contributed by atoms with Crippen LogP contribution >= 0.6 is 0 Å². The number of anilines is 1. The van der Waals surface area contributed by atoms with E-state index in [0.29, 0.717) is 41.6 Å². The van der Waals surface area contributed by atoms with E-state index in [1.54, 1.807) is 37.0 Å². The van der Waals surface area contributed by atoms with Crippen LogP contribution in [0.2, 0.25) is 0 Å². The van der Waals surface area contributed by atoms with Crippen LogP contribution in [0.5, 0.6) is 5.88 Å². The van der Waals surface area contributed by atoms with Crippen molar-refractivity contribution in [1.82, 2.24) is 29.3 Å². The molecule has 0 radical (unpaired) electrons. The standard InChI is InChI=1S/C28H35N7O4S/c1-17-14-28(3,4)34(15-17)26-21(27(36)32-40(37,38)22-16-33(5)30-18(22)2)10-11-23(29-26)35-13-12-24(31-35)39-25(19-6-7-19)20-8-9-20/h10-14,16,19-20,25H,6-9,15H2,1-5H3,(H,32,36). The summed E-state index contributed by atoms with van der Waals surface area (Å²) in [7, 11) is -2.52. The Morgan fingerprint density at radius 2 is 1.80 bits per heavy atom. The third-order valence-electron chi connectivity index (χ3n) is 7.78. The average Bonchev–Trinajstić information content (AvgIpc) is 3.80. The molecule has 0 aromatic carbocycles. The fourth-order valence-electron chi connectivity index (χ4n) is 5.61. The first-order valence-electron chi connectivity index (χ1n) is 13.7. The smallest absolute Gasteiger partial charge is 0.268 e. The van der Waals surface area contributed by atoms with Crippen LogP contribution in [-0.2, 0) is 17.1 Å². The van der Waals surface area contributed by atoms with Gasteiger partial charge >= 0.3 is 0 Å². The maximum Gasteiger partial charge on any atom is 0.268 e. The van der Waals surface area contributed by atoms with Gasteiger partial charge in [-0.05, 0) is 77.3 Å². The summed E-state index contributed by atoms with van der Waals surface area (Å²) in [5, 5.41) is 8.74. The molecular weight excluding hydrogens is 530 g/mol.